The standard InChI is InChI=1S/C21H22N4O7/c1-10-15(20(27)29-3)17(16(11(2)23-10)21(28)30-4)12-6-5-7-13(8-12)31-9-14-18(19(22)26)25-32-24-14/h5-8,17,23H,9H2,1-4H3,(H2,22,26). The molecule has 2 aromatic rings. The zero-order valence-corrected chi connectivity index (χ0v) is 17.9. The first-order chi connectivity index (χ1) is 15.3. The lowest BCUT2D eigenvalue weighted by Gasteiger charge is -2.30. The van der Waals surface area contributed by atoms with Crippen LogP contribution in [0.25, 0.3) is 0 Å². The van der Waals surface area contributed by atoms with Gasteiger partial charge in [0.15, 0.2) is 11.4 Å². The second kappa shape index (κ2) is 9.33. The Kier molecular flexibility index (Phi) is 6.57. The Morgan fingerprint density at radius 2 is 1.69 bits per heavy atom. The molecule has 1 aliphatic rings. The number of amides is 1. The van der Waals surface area contributed by atoms with Crippen LogP contribution in [0.4, 0.5) is 0 Å². The molecule has 11 nitrogen and oxygen atoms in total. The van der Waals surface area contributed by atoms with Gasteiger partial charge in [0.05, 0.1) is 31.3 Å². The zero-order chi connectivity index (χ0) is 23.4. The monoisotopic (exact) mass is 442 g/mol. The minimum Gasteiger partial charge on any atom is -0.487 e. The number of ether oxygens (including phenoxy) is 3. The van der Waals surface area contributed by atoms with Gasteiger partial charge < -0.3 is 25.3 Å². The molecule has 1 amide bonds. The minimum absolute atomic E-state index is 0.127. The molecular weight excluding hydrogens is 420 g/mol. The summed E-state index contributed by atoms with van der Waals surface area (Å²) in [6.07, 6.45) is 0. The first-order valence-electron chi connectivity index (χ1n) is 9.47. The van der Waals surface area contributed by atoms with Crippen LogP contribution in [-0.2, 0) is 25.7 Å². The molecular formula is C21H22N4O7. The smallest absolute Gasteiger partial charge is 0.336 e. The molecule has 1 aromatic heterocycles. The number of methoxy groups -OCH3 is 2. The topological polar surface area (TPSA) is 156 Å². The maximum Gasteiger partial charge on any atom is 0.336 e. The van der Waals surface area contributed by atoms with Crippen LogP contribution in [0, 0.1) is 0 Å². The number of nitrogens with one attached hydrogen (secondary N) is 1. The summed E-state index contributed by atoms with van der Waals surface area (Å²) >= 11 is 0. The molecule has 1 aliphatic heterocycles. The van der Waals surface area contributed by atoms with E-state index in [2.05, 4.69) is 20.3 Å². The average molecular weight is 442 g/mol. The molecule has 2 heterocycles. The molecule has 0 bridgehead atoms. The number of benzene rings is 1. The van der Waals surface area contributed by atoms with Crippen molar-refractivity contribution in [3.05, 3.63) is 63.8 Å². The molecule has 0 radical (unpaired) electrons. The van der Waals surface area contributed by atoms with Crippen LogP contribution in [0.2, 0.25) is 0 Å². The highest BCUT2D eigenvalue weighted by atomic mass is 16.6. The fraction of sp³-hybridized carbons (Fsp3) is 0.286. The Labute approximate surface area is 183 Å². The summed E-state index contributed by atoms with van der Waals surface area (Å²) in [4.78, 5) is 36.6. The number of esters is 2. The molecule has 3 rings (SSSR count). The summed E-state index contributed by atoms with van der Waals surface area (Å²) in [5, 5.41) is 10.1. The van der Waals surface area contributed by atoms with Gasteiger partial charge in [-0.15, -0.1) is 0 Å². The van der Waals surface area contributed by atoms with E-state index in [1.165, 1.54) is 14.2 Å². The Hall–Kier alpha value is -4.15. The predicted octanol–water partition coefficient (Wildman–Crippen LogP) is 1.33. The van der Waals surface area contributed by atoms with Crippen molar-refractivity contribution in [2.45, 2.75) is 26.4 Å². The number of aromatic nitrogens is 2. The third-order valence-corrected chi connectivity index (χ3v) is 4.93. The van der Waals surface area contributed by atoms with Gasteiger partial charge in [0.2, 0.25) is 0 Å². The highest BCUT2D eigenvalue weighted by Gasteiger charge is 2.37. The third kappa shape index (κ3) is 4.31. The van der Waals surface area contributed by atoms with Crippen LogP contribution in [0.3, 0.4) is 0 Å². The van der Waals surface area contributed by atoms with Crippen molar-refractivity contribution in [3.8, 4) is 5.75 Å². The van der Waals surface area contributed by atoms with E-state index < -0.39 is 23.8 Å². The number of hydrogen-bond acceptors (Lipinski definition) is 10. The molecule has 32 heavy (non-hydrogen) atoms. The minimum atomic E-state index is -0.792. The first kappa shape index (κ1) is 22.5. The van der Waals surface area contributed by atoms with Gasteiger partial charge in [-0.2, -0.15) is 0 Å². The summed E-state index contributed by atoms with van der Waals surface area (Å²) in [7, 11) is 2.54. The van der Waals surface area contributed by atoms with E-state index in [9.17, 15) is 14.4 Å². The zero-order valence-electron chi connectivity index (χ0n) is 17.9. The van der Waals surface area contributed by atoms with Crippen molar-refractivity contribution < 1.29 is 33.2 Å². The Balaban J connectivity index is 2.00. The molecule has 1 aromatic carbocycles. The second-order valence-electron chi connectivity index (χ2n) is 6.90. The number of carbonyl (C=O) groups is 3. The van der Waals surface area contributed by atoms with Crippen molar-refractivity contribution in [1.29, 1.82) is 0 Å². The van der Waals surface area contributed by atoms with E-state index in [1.54, 1.807) is 38.1 Å². The van der Waals surface area contributed by atoms with Crippen LogP contribution in [0.15, 0.2) is 51.4 Å². The van der Waals surface area contributed by atoms with Crippen molar-refractivity contribution in [2.75, 3.05) is 14.2 Å². The van der Waals surface area contributed by atoms with Gasteiger partial charge in [0.1, 0.15) is 12.4 Å². The van der Waals surface area contributed by atoms with E-state index in [4.69, 9.17) is 19.9 Å². The van der Waals surface area contributed by atoms with Crippen molar-refractivity contribution in [3.63, 3.8) is 0 Å². The fourth-order valence-electron chi connectivity index (χ4n) is 3.51. The summed E-state index contributed by atoms with van der Waals surface area (Å²) < 4.78 is 20.2. The van der Waals surface area contributed by atoms with Gasteiger partial charge in [-0.25, -0.2) is 14.2 Å². The molecule has 0 aliphatic carbocycles. The number of rotatable bonds is 7. The normalized spacial score (nSPS) is 14.1. The van der Waals surface area contributed by atoms with Crippen LogP contribution < -0.4 is 15.8 Å². The molecule has 0 saturated heterocycles. The van der Waals surface area contributed by atoms with Crippen molar-refractivity contribution >= 4 is 17.8 Å². The first-order valence-corrected chi connectivity index (χ1v) is 9.47. The SMILES string of the molecule is COC(=O)C1=C(C)NC(C)=C(C(=O)OC)C1c1cccc(OCc2nonc2C(N)=O)c1. The third-order valence-electron chi connectivity index (χ3n) is 4.93. The van der Waals surface area contributed by atoms with Crippen molar-refractivity contribution in [2.24, 2.45) is 5.73 Å². The Morgan fingerprint density at radius 3 is 2.25 bits per heavy atom. The van der Waals surface area contributed by atoms with Crippen LogP contribution >= 0.6 is 0 Å². The molecule has 168 valence electrons. The lowest BCUT2D eigenvalue weighted by atomic mass is 9.80. The Bertz CT molecular complexity index is 1090. The van der Waals surface area contributed by atoms with E-state index in [0.29, 0.717) is 22.7 Å². The van der Waals surface area contributed by atoms with Gasteiger partial charge in [-0.05, 0) is 36.7 Å². The Morgan fingerprint density at radius 1 is 1.06 bits per heavy atom. The maximum absolute atomic E-state index is 12.6. The molecule has 0 fully saturated rings. The van der Waals surface area contributed by atoms with E-state index >= 15 is 0 Å². The van der Waals surface area contributed by atoms with Crippen molar-refractivity contribution in [1.82, 2.24) is 15.6 Å². The summed E-state index contributed by atoms with van der Waals surface area (Å²) in [6.45, 7) is 3.31. The number of primary amides is 1. The number of dihydropyridines is 1. The van der Waals surface area contributed by atoms with Gasteiger partial charge in [-0.3, -0.25) is 4.79 Å². The number of allylic oxidation sites excluding steroid dienone is 2. The predicted molar refractivity (Wildman–Crippen MR) is 109 cm³/mol. The summed E-state index contributed by atoms with van der Waals surface area (Å²) in [5.41, 5.74) is 7.49. The summed E-state index contributed by atoms with van der Waals surface area (Å²) in [6, 6.07) is 6.80. The van der Waals surface area contributed by atoms with E-state index in [-0.39, 0.29) is 29.1 Å². The van der Waals surface area contributed by atoms with Crippen LogP contribution in [0.1, 0.15) is 41.5 Å². The number of hydrogen-bond donors (Lipinski definition) is 2. The van der Waals surface area contributed by atoms with E-state index in [1.807, 2.05) is 0 Å². The molecule has 3 N–H and O–H groups in total. The maximum atomic E-state index is 12.6. The van der Waals surface area contributed by atoms with Gasteiger partial charge in [0.25, 0.3) is 5.91 Å². The van der Waals surface area contributed by atoms with Crippen LogP contribution in [0.5, 0.6) is 5.75 Å². The van der Waals surface area contributed by atoms with Crippen LogP contribution in [-0.4, -0.2) is 42.4 Å². The van der Waals surface area contributed by atoms with Gasteiger partial charge in [0, 0.05) is 11.4 Å². The molecule has 0 spiro atoms. The molecule has 11 heteroatoms. The summed E-state index contributed by atoms with van der Waals surface area (Å²) in [5.74, 6) is -2.32. The van der Waals surface area contributed by atoms with E-state index in [0.717, 1.165) is 0 Å². The van der Waals surface area contributed by atoms with Gasteiger partial charge in [-0.1, -0.05) is 17.3 Å². The highest BCUT2D eigenvalue weighted by Crippen LogP contribution is 2.40. The molecule has 0 atom stereocenters. The molecule has 0 saturated carbocycles. The fourth-order valence-corrected chi connectivity index (χ4v) is 3.51. The average Bonchev–Trinajstić information content (AvgIpc) is 3.25. The number of nitrogens with two attached hydrogens (primary N) is 1. The largest absolute Gasteiger partial charge is 0.487 e. The number of carbonyl (C=O) groups excluding carboxylic acids is 3. The molecule has 0 unspecified atom stereocenters. The van der Waals surface area contributed by atoms with Gasteiger partial charge >= 0.3 is 11.9 Å². The lowest BCUT2D eigenvalue weighted by molar-refractivity contribution is -0.137. The quantitative estimate of drug-likeness (QED) is 0.600. The second-order valence-corrected chi connectivity index (χ2v) is 6.90. The highest BCUT2D eigenvalue weighted by molar-refractivity contribution is 5.99. The lowest BCUT2D eigenvalue weighted by Crippen LogP contribution is -2.32. The number of nitrogens with zero attached hydrogens (tertiary/aromatic N) is 2.